The maximum Gasteiger partial charge on any atom is 0.0891 e. The van der Waals surface area contributed by atoms with Gasteiger partial charge >= 0.3 is 0 Å². The van der Waals surface area contributed by atoms with Crippen LogP contribution in [0, 0.1) is 5.92 Å². The minimum Gasteiger partial charge on any atom is -0.372 e. The molecule has 2 nitrogen and oxygen atoms in total. The molecule has 1 unspecified atom stereocenters. The van der Waals surface area contributed by atoms with Crippen molar-refractivity contribution < 1.29 is 4.74 Å². The fourth-order valence-corrected chi connectivity index (χ4v) is 1.40. The molecule has 1 aromatic heterocycles. The van der Waals surface area contributed by atoms with Gasteiger partial charge in [-0.15, -0.1) is 0 Å². The van der Waals surface area contributed by atoms with E-state index in [0.29, 0.717) is 12.7 Å². The van der Waals surface area contributed by atoms with Gasteiger partial charge in [0.1, 0.15) is 0 Å². The molecule has 70 valence electrons. The van der Waals surface area contributed by atoms with Gasteiger partial charge < -0.3 is 4.74 Å². The third kappa shape index (κ3) is 2.52. The van der Waals surface area contributed by atoms with Crippen molar-refractivity contribution in [3.05, 3.63) is 30.1 Å². The molecule has 0 bridgehead atoms. The van der Waals surface area contributed by atoms with E-state index in [-0.39, 0.29) is 0 Å². The van der Waals surface area contributed by atoms with E-state index in [1.807, 2.05) is 18.2 Å². The second-order valence-electron chi connectivity index (χ2n) is 3.67. The van der Waals surface area contributed by atoms with E-state index < -0.39 is 0 Å². The highest BCUT2D eigenvalue weighted by Crippen LogP contribution is 2.34. The third-order valence-corrected chi connectivity index (χ3v) is 2.51. The molecule has 1 atom stereocenters. The minimum atomic E-state index is 0.405. The summed E-state index contributed by atoms with van der Waals surface area (Å²) in [5.41, 5.74) is 1.02. The van der Waals surface area contributed by atoms with Crippen molar-refractivity contribution in [1.29, 1.82) is 0 Å². The largest absolute Gasteiger partial charge is 0.372 e. The number of rotatable bonds is 4. The molecule has 1 aliphatic carbocycles. The number of hydrogen-bond donors (Lipinski definition) is 0. The van der Waals surface area contributed by atoms with Crippen molar-refractivity contribution in [2.75, 3.05) is 0 Å². The van der Waals surface area contributed by atoms with Gasteiger partial charge in [-0.25, -0.2) is 0 Å². The Bertz CT molecular complexity index is 256. The predicted octanol–water partition coefficient (Wildman–Crippen LogP) is 2.40. The van der Waals surface area contributed by atoms with Gasteiger partial charge in [0.15, 0.2) is 0 Å². The average molecular weight is 177 g/mol. The van der Waals surface area contributed by atoms with E-state index in [4.69, 9.17) is 4.74 Å². The fourth-order valence-electron chi connectivity index (χ4n) is 1.40. The number of nitrogens with zero attached hydrogens (tertiary/aromatic N) is 1. The summed E-state index contributed by atoms with van der Waals surface area (Å²) in [7, 11) is 0. The molecular weight excluding hydrogens is 162 g/mol. The molecule has 0 spiro atoms. The highest BCUT2D eigenvalue weighted by atomic mass is 16.5. The Kier molecular flexibility index (Phi) is 2.60. The number of pyridine rings is 1. The Morgan fingerprint density at radius 3 is 3.00 bits per heavy atom. The van der Waals surface area contributed by atoms with Gasteiger partial charge in [-0.3, -0.25) is 4.98 Å². The molecule has 2 rings (SSSR count). The summed E-state index contributed by atoms with van der Waals surface area (Å²) in [6, 6.07) is 5.92. The van der Waals surface area contributed by atoms with Gasteiger partial charge in [0.05, 0.1) is 18.4 Å². The van der Waals surface area contributed by atoms with Crippen LogP contribution >= 0.6 is 0 Å². The predicted molar refractivity (Wildman–Crippen MR) is 51.2 cm³/mol. The first-order chi connectivity index (χ1) is 6.36. The smallest absolute Gasteiger partial charge is 0.0891 e. The number of aromatic nitrogens is 1. The van der Waals surface area contributed by atoms with Crippen LogP contribution in [0.3, 0.4) is 0 Å². The lowest BCUT2D eigenvalue weighted by molar-refractivity contribution is 0.0369. The standard InChI is InChI=1S/C11H15NO/c1-9(10-5-6-10)13-8-11-4-2-3-7-12-11/h2-4,7,9-10H,5-6,8H2,1H3. The van der Waals surface area contributed by atoms with E-state index >= 15 is 0 Å². The van der Waals surface area contributed by atoms with Gasteiger partial charge in [0.2, 0.25) is 0 Å². The number of hydrogen-bond acceptors (Lipinski definition) is 2. The molecule has 0 aromatic carbocycles. The van der Waals surface area contributed by atoms with Crippen LogP contribution in [0.15, 0.2) is 24.4 Å². The Labute approximate surface area is 78.9 Å². The summed E-state index contributed by atoms with van der Waals surface area (Å²) in [4.78, 5) is 4.21. The molecule has 0 N–H and O–H groups in total. The second-order valence-corrected chi connectivity index (χ2v) is 3.67. The van der Waals surface area contributed by atoms with Crippen molar-refractivity contribution in [2.24, 2.45) is 5.92 Å². The first kappa shape index (κ1) is 8.70. The zero-order valence-corrected chi connectivity index (χ0v) is 7.94. The molecule has 0 radical (unpaired) electrons. The molecule has 1 aromatic rings. The molecule has 2 heteroatoms. The van der Waals surface area contributed by atoms with Crippen molar-refractivity contribution in [2.45, 2.75) is 32.5 Å². The van der Waals surface area contributed by atoms with Crippen LogP contribution in [-0.4, -0.2) is 11.1 Å². The first-order valence-corrected chi connectivity index (χ1v) is 4.88. The van der Waals surface area contributed by atoms with E-state index in [9.17, 15) is 0 Å². The molecule has 1 fully saturated rings. The van der Waals surface area contributed by atoms with Crippen LogP contribution in [0.5, 0.6) is 0 Å². The van der Waals surface area contributed by atoms with E-state index in [1.54, 1.807) is 6.20 Å². The molecule has 1 saturated carbocycles. The summed E-state index contributed by atoms with van der Waals surface area (Å²) >= 11 is 0. The van der Waals surface area contributed by atoms with Crippen LogP contribution < -0.4 is 0 Å². The summed E-state index contributed by atoms with van der Waals surface area (Å²) in [5, 5.41) is 0. The number of ether oxygens (including phenoxy) is 1. The minimum absolute atomic E-state index is 0.405. The topological polar surface area (TPSA) is 22.1 Å². The maximum absolute atomic E-state index is 5.69. The van der Waals surface area contributed by atoms with E-state index in [1.165, 1.54) is 12.8 Å². The highest BCUT2D eigenvalue weighted by molar-refractivity contribution is 5.02. The quantitative estimate of drug-likeness (QED) is 0.704. The zero-order valence-electron chi connectivity index (χ0n) is 7.94. The van der Waals surface area contributed by atoms with Crippen molar-refractivity contribution in [3.8, 4) is 0 Å². The van der Waals surface area contributed by atoms with E-state index in [2.05, 4.69) is 11.9 Å². The Morgan fingerprint density at radius 2 is 2.38 bits per heavy atom. The third-order valence-electron chi connectivity index (χ3n) is 2.51. The van der Waals surface area contributed by atoms with Gasteiger partial charge in [-0.2, -0.15) is 0 Å². The van der Waals surface area contributed by atoms with Gasteiger partial charge in [0, 0.05) is 6.20 Å². The summed E-state index contributed by atoms with van der Waals surface area (Å²) in [6.45, 7) is 2.80. The SMILES string of the molecule is CC(OCc1ccccn1)C1CC1. The molecule has 1 heterocycles. The van der Waals surface area contributed by atoms with Crippen LogP contribution in [0.2, 0.25) is 0 Å². The molecule has 0 amide bonds. The van der Waals surface area contributed by atoms with Gasteiger partial charge in [-0.1, -0.05) is 6.07 Å². The van der Waals surface area contributed by atoms with Crippen LogP contribution in [0.1, 0.15) is 25.5 Å². The molecular formula is C11H15NO. The maximum atomic E-state index is 5.69. The molecule has 1 aliphatic rings. The highest BCUT2D eigenvalue weighted by Gasteiger charge is 2.28. The molecule has 13 heavy (non-hydrogen) atoms. The lowest BCUT2D eigenvalue weighted by Gasteiger charge is -2.10. The Balaban J connectivity index is 1.78. The van der Waals surface area contributed by atoms with E-state index in [0.717, 1.165) is 11.6 Å². The zero-order chi connectivity index (χ0) is 9.10. The van der Waals surface area contributed by atoms with Crippen LogP contribution in [0.4, 0.5) is 0 Å². The first-order valence-electron chi connectivity index (χ1n) is 4.88. The summed E-state index contributed by atoms with van der Waals surface area (Å²) < 4.78 is 5.69. The van der Waals surface area contributed by atoms with Crippen LogP contribution in [-0.2, 0) is 11.3 Å². The van der Waals surface area contributed by atoms with Crippen LogP contribution in [0.25, 0.3) is 0 Å². The second kappa shape index (κ2) is 3.88. The Morgan fingerprint density at radius 1 is 1.54 bits per heavy atom. The van der Waals surface area contributed by atoms with Crippen molar-refractivity contribution in [1.82, 2.24) is 4.98 Å². The van der Waals surface area contributed by atoms with Crippen molar-refractivity contribution >= 4 is 0 Å². The fraction of sp³-hybridized carbons (Fsp3) is 0.545. The monoisotopic (exact) mass is 177 g/mol. The summed E-state index contributed by atoms with van der Waals surface area (Å²) in [5.74, 6) is 0.809. The average Bonchev–Trinajstić information content (AvgIpc) is 2.99. The molecule has 0 aliphatic heterocycles. The van der Waals surface area contributed by atoms with Crippen molar-refractivity contribution in [3.63, 3.8) is 0 Å². The van der Waals surface area contributed by atoms with Gasteiger partial charge in [-0.05, 0) is 37.8 Å². The lowest BCUT2D eigenvalue weighted by atomic mass is 10.3. The molecule has 0 saturated heterocycles. The Hall–Kier alpha value is -0.890. The lowest BCUT2D eigenvalue weighted by Crippen LogP contribution is -2.10. The summed E-state index contributed by atoms with van der Waals surface area (Å²) in [6.07, 6.45) is 4.88. The van der Waals surface area contributed by atoms with Gasteiger partial charge in [0.25, 0.3) is 0 Å². The normalized spacial score (nSPS) is 18.5.